The lowest BCUT2D eigenvalue weighted by Crippen LogP contribution is -2.44. The Kier molecular flexibility index (Phi) is 5.82. The van der Waals surface area contributed by atoms with Crippen LogP contribution in [0.15, 0.2) is 12.1 Å². The molecule has 0 aromatic heterocycles. The van der Waals surface area contributed by atoms with E-state index in [0.29, 0.717) is 18.0 Å². The second kappa shape index (κ2) is 7.14. The monoisotopic (exact) mass is 280 g/mol. The van der Waals surface area contributed by atoms with Crippen molar-refractivity contribution in [1.29, 1.82) is 0 Å². The second-order valence-electron chi connectivity index (χ2n) is 5.14. The summed E-state index contributed by atoms with van der Waals surface area (Å²) in [6.07, 6.45) is 0. The van der Waals surface area contributed by atoms with Crippen LogP contribution in [-0.4, -0.2) is 26.2 Å². The van der Waals surface area contributed by atoms with Crippen molar-refractivity contribution in [2.24, 2.45) is 11.7 Å². The standard InChI is InChI=1S/C15H24N2O3/c1-9(2)14(15(16)18)17-8-11-7-13(20-5)12(19-4)6-10(11)3/h6-7,9,14,17H,8H2,1-5H3,(H2,16,18). The van der Waals surface area contributed by atoms with Crippen molar-refractivity contribution in [3.63, 3.8) is 0 Å². The van der Waals surface area contributed by atoms with E-state index in [0.717, 1.165) is 11.1 Å². The number of nitrogens with one attached hydrogen (secondary N) is 1. The van der Waals surface area contributed by atoms with Crippen LogP contribution >= 0.6 is 0 Å². The number of methoxy groups -OCH3 is 2. The van der Waals surface area contributed by atoms with Crippen molar-refractivity contribution in [2.45, 2.75) is 33.4 Å². The van der Waals surface area contributed by atoms with E-state index in [1.807, 2.05) is 32.9 Å². The van der Waals surface area contributed by atoms with Crippen molar-refractivity contribution in [1.82, 2.24) is 5.32 Å². The molecule has 0 spiro atoms. The number of aryl methyl sites for hydroxylation is 1. The number of benzene rings is 1. The minimum Gasteiger partial charge on any atom is -0.493 e. The van der Waals surface area contributed by atoms with Crippen molar-refractivity contribution >= 4 is 5.91 Å². The molecular formula is C15H24N2O3. The van der Waals surface area contributed by atoms with Crippen molar-refractivity contribution in [3.05, 3.63) is 23.3 Å². The van der Waals surface area contributed by atoms with Gasteiger partial charge in [-0.15, -0.1) is 0 Å². The zero-order valence-corrected chi connectivity index (χ0v) is 12.8. The largest absolute Gasteiger partial charge is 0.493 e. The average Bonchev–Trinajstić information content (AvgIpc) is 2.39. The summed E-state index contributed by atoms with van der Waals surface area (Å²) in [7, 11) is 3.21. The number of amides is 1. The molecule has 0 radical (unpaired) electrons. The average molecular weight is 280 g/mol. The molecule has 0 bridgehead atoms. The summed E-state index contributed by atoms with van der Waals surface area (Å²) in [5.41, 5.74) is 7.52. The van der Waals surface area contributed by atoms with Crippen LogP contribution in [0, 0.1) is 12.8 Å². The van der Waals surface area contributed by atoms with Gasteiger partial charge in [-0.3, -0.25) is 4.79 Å². The minimum atomic E-state index is -0.345. The predicted octanol–water partition coefficient (Wildman–Crippen LogP) is 1.61. The smallest absolute Gasteiger partial charge is 0.234 e. The summed E-state index contributed by atoms with van der Waals surface area (Å²) in [4.78, 5) is 11.4. The molecule has 20 heavy (non-hydrogen) atoms. The number of nitrogens with two attached hydrogens (primary N) is 1. The Bertz CT molecular complexity index is 472. The van der Waals surface area contributed by atoms with Gasteiger partial charge < -0.3 is 20.5 Å². The number of ether oxygens (including phenoxy) is 2. The van der Waals surface area contributed by atoms with Gasteiger partial charge in [-0.2, -0.15) is 0 Å². The molecule has 1 amide bonds. The SMILES string of the molecule is COc1cc(C)c(CNC(C(N)=O)C(C)C)cc1OC. The van der Waals surface area contributed by atoms with Crippen molar-refractivity contribution in [2.75, 3.05) is 14.2 Å². The van der Waals surface area contributed by atoms with Gasteiger partial charge >= 0.3 is 0 Å². The van der Waals surface area contributed by atoms with Gasteiger partial charge in [-0.1, -0.05) is 13.8 Å². The maximum absolute atomic E-state index is 11.4. The highest BCUT2D eigenvalue weighted by atomic mass is 16.5. The molecule has 0 saturated carbocycles. The fourth-order valence-corrected chi connectivity index (χ4v) is 2.10. The molecule has 112 valence electrons. The summed E-state index contributed by atoms with van der Waals surface area (Å²) in [6.45, 7) is 6.47. The van der Waals surface area contributed by atoms with Crippen LogP contribution < -0.4 is 20.5 Å². The molecule has 0 fully saturated rings. The first-order chi connectivity index (χ1) is 9.40. The highest BCUT2D eigenvalue weighted by Gasteiger charge is 2.19. The van der Waals surface area contributed by atoms with E-state index in [1.54, 1.807) is 14.2 Å². The highest BCUT2D eigenvalue weighted by molar-refractivity contribution is 5.80. The molecule has 1 atom stereocenters. The maximum atomic E-state index is 11.4. The first-order valence-corrected chi connectivity index (χ1v) is 6.64. The number of rotatable bonds is 7. The molecule has 1 aromatic carbocycles. The molecule has 0 saturated heterocycles. The van der Waals surface area contributed by atoms with Crippen LogP contribution in [0.3, 0.4) is 0 Å². The molecule has 0 aliphatic carbocycles. The third kappa shape index (κ3) is 3.87. The summed E-state index contributed by atoms with van der Waals surface area (Å²) in [5, 5.41) is 3.19. The summed E-state index contributed by atoms with van der Waals surface area (Å²) >= 11 is 0. The lowest BCUT2D eigenvalue weighted by atomic mass is 10.0. The lowest BCUT2D eigenvalue weighted by Gasteiger charge is -2.20. The van der Waals surface area contributed by atoms with Gasteiger partial charge in [0.15, 0.2) is 11.5 Å². The fourth-order valence-electron chi connectivity index (χ4n) is 2.10. The zero-order valence-electron chi connectivity index (χ0n) is 12.8. The van der Waals surface area contributed by atoms with E-state index >= 15 is 0 Å². The van der Waals surface area contributed by atoms with Gasteiger partial charge in [0, 0.05) is 6.54 Å². The van der Waals surface area contributed by atoms with Crippen LogP contribution in [0.1, 0.15) is 25.0 Å². The molecule has 1 rings (SSSR count). The maximum Gasteiger partial charge on any atom is 0.234 e. The Morgan fingerprint density at radius 1 is 1.25 bits per heavy atom. The third-order valence-electron chi connectivity index (χ3n) is 3.33. The summed E-state index contributed by atoms with van der Waals surface area (Å²) in [5.74, 6) is 1.19. The fraction of sp³-hybridized carbons (Fsp3) is 0.533. The number of carbonyl (C=O) groups is 1. The highest BCUT2D eigenvalue weighted by Crippen LogP contribution is 2.30. The van der Waals surface area contributed by atoms with Crippen molar-refractivity contribution in [3.8, 4) is 11.5 Å². The molecule has 1 aromatic rings. The van der Waals surface area contributed by atoms with Crippen LogP contribution in [0.5, 0.6) is 11.5 Å². The van der Waals surface area contributed by atoms with E-state index in [9.17, 15) is 4.79 Å². The molecule has 3 N–H and O–H groups in total. The van der Waals surface area contributed by atoms with Crippen LogP contribution in [0.2, 0.25) is 0 Å². The second-order valence-corrected chi connectivity index (χ2v) is 5.14. The van der Waals surface area contributed by atoms with Gasteiger partial charge in [0.1, 0.15) is 0 Å². The molecule has 0 aliphatic heterocycles. The Balaban J connectivity index is 2.90. The van der Waals surface area contributed by atoms with E-state index in [4.69, 9.17) is 15.2 Å². The normalized spacial score (nSPS) is 12.3. The Hall–Kier alpha value is -1.75. The molecule has 0 heterocycles. The van der Waals surface area contributed by atoms with E-state index < -0.39 is 0 Å². The van der Waals surface area contributed by atoms with Gasteiger partial charge in [-0.05, 0) is 36.1 Å². The quantitative estimate of drug-likeness (QED) is 0.796. The number of hydrogen-bond acceptors (Lipinski definition) is 4. The first kappa shape index (κ1) is 16.3. The number of primary amides is 1. The predicted molar refractivity (Wildman–Crippen MR) is 78.9 cm³/mol. The lowest BCUT2D eigenvalue weighted by molar-refractivity contribution is -0.121. The molecule has 0 aliphatic rings. The van der Waals surface area contributed by atoms with Gasteiger partial charge in [0.05, 0.1) is 20.3 Å². The van der Waals surface area contributed by atoms with E-state index in [1.165, 1.54) is 0 Å². The zero-order chi connectivity index (χ0) is 15.3. The third-order valence-corrected chi connectivity index (χ3v) is 3.33. The summed E-state index contributed by atoms with van der Waals surface area (Å²) < 4.78 is 10.5. The Morgan fingerprint density at radius 3 is 2.25 bits per heavy atom. The van der Waals surface area contributed by atoms with Crippen LogP contribution in [-0.2, 0) is 11.3 Å². The molecule has 1 unspecified atom stereocenters. The van der Waals surface area contributed by atoms with E-state index in [2.05, 4.69) is 5.32 Å². The molecule has 5 heteroatoms. The molecular weight excluding hydrogens is 256 g/mol. The molecule has 5 nitrogen and oxygen atoms in total. The Morgan fingerprint density at radius 2 is 1.80 bits per heavy atom. The van der Waals surface area contributed by atoms with Crippen molar-refractivity contribution < 1.29 is 14.3 Å². The number of carbonyl (C=O) groups excluding carboxylic acids is 1. The topological polar surface area (TPSA) is 73.6 Å². The van der Waals surface area contributed by atoms with Crippen LogP contribution in [0.4, 0.5) is 0 Å². The number of hydrogen-bond donors (Lipinski definition) is 2. The van der Waals surface area contributed by atoms with Gasteiger partial charge in [0.25, 0.3) is 0 Å². The minimum absolute atomic E-state index is 0.146. The summed E-state index contributed by atoms with van der Waals surface area (Å²) in [6, 6.07) is 3.49. The Labute approximate surface area is 120 Å². The first-order valence-electron chi connectivity index (χ1n) is 6.64. The van der Waals surface area contributed by atoms with Crippen LogP contribution in [0.25, 0.3) is 0 Å². The van der Waals surface area contributed by atoms with E-state index in [-0.39, 0.29) is 17.9 Å². The van der Waals surface area contributed by atoms with Gasteiger partial charge in [0.2, 0.25) is 5.91 Å². The van der Waals surface area contributed by atoms with Gasteiger partial charge in [-0.25, -0.2) is 0 Å².